The summed E-state index contributed by atoms with van der Waals surface area (Å²) in [4.78, 5) is 2.90. The van der Waals surface area contributed by atoms with Crippen LogP contribution in [0.2, 0.25) is 0 Å². The van der Waals surface area contributed by atoms with Gasteiger partial charge in [0, 0.05) is 11.1 Å². The first kappa shape index (κ1) is 26.9. The van der Waals surface area contributed by atoms with Gasteiger partial charge in [-0.1, -0.05) is 117 Å². The van der Waals surface area contributed by atoms with Crippen LogP contribution in [0.4, 0.5) is 17.1 Å². The van der Waals surface area contributed by atoms with Gasteiger partial charge in [-0.3, -0.25) is 0 Å². The molecular formula is C39H31NO2S. The van der Waals surface area contributed by atoms with E-state index in [4.69, 9.17) is 0 Å². The molecule has 6 aromatic rings. The van der Waals surface area contributed by atoms with Gasteiger partial charge in [0.15, 0.2) is 0 Å². The van der Waals surface area contributed by atoms with Crippen LogP contribution in [-0.2, 0) is 15.3 Å². The molecule has 0 N–H and O–H groups in total. The van der Waals surface area contributed by atoms with Crippen molar-refractivity contribution in [2.45, 2.75) is 29.1 Å². The summed E-state index contributed by atoms with van der Waals surface area (Å²) < 4.78 is 26.8. The van der Waals surface area contributed by atoms with Crippen LogP contribution in [0.15, 0.2) is 161 Å². The Morgan fingerprint density at radius 3 is 1.28 bits per heavy atom. The lowest BCUT2D eigenvalue weighted by Crippen LogP contribution is -2.30. The van der Waals surface area contributed by atoms with Crippen LogP contribution in [0.3, 0.4) is 0 Å². The van der Waals surface area contributed by atoms with E-state index in [-0.39, 0.29) is 15.2 Å². The number of hydrogen-bond acceptors (Lipinski definition) is 3. The van der Waals surface area contributed by atoms with Crippen molar-refractivity contribution in [3.63, 3.8) is 0 Å². The van der Waals surface area contributed by atoms with E-state index in [1.54, 1.807) is 24.3 Å². The summed E-state index contributed by atoms with van der Waals surface area (Å²) >= 11 is 0. The van der Waals surface area contributed by atoms with E-state index in [1.807, 2.05) is 54.6 Å². The van der Waals surface area contributed by atoms with Crippen LogP contribution < -0.4 is 4.90 Å². The Hall–Kier alpha value is -4.93. The quantitative estimate of drug-likeness (QED) is 0.205. The number of sulfone groups is 1. The van der Waals surface area contributed by atoms with Crippen LogP contribution in [0.1, 0.15) is 25.0 Å². The molecule has 0 unspecified atom stereocenters. The highest BCUT2D eigenvalue weighted by Crippen LogP contribution is 2.51. The third kappa shape index (κ3) is 4.65. The zero-order valence-electron chi connectivity index (χ0n) is 24.1. The van der Waals surface area contributed by atoms with Gasteiger partial charge in [-0.05, 0) is 81.9 Å². The molecule has 210 valence electrons. The van der Waals surface area contributed by atoms with Gasteiger partial charge in [0.2, 0.25) is 9.84 Å². The van der Waals surface area contributed by atoms with Crippen LogP contribution in [-0.4, -0.2) is 8.42 Å². The monoisotopic (exact) mass is 577 g/mol. The molecule has 0 saturated carbocycles. The Bertz CT molecular complexity index is 1980. The highest BCUT2D eigenvalue weighted by molar-refractivity contribution is 7.91. The first-order chi connectivity index (χ1) is 20.8. The van der Waals surface area contributed by atoms with Gasteiger partial charge in [0.05, 0.1) is 21.2 Å². The van der Waals surface area contributed by atoms with E-state index in [0.717, 1.165) is 27.9 Å². The van der Waals surface area contributed by atoms with Gasteiger partial charge in [-0.2, -0.15) is 0 Å². The lowest BCUT2D eigenvalue weighted by atomic mass is 9.73. The average Bonchev–Trinajstić information content (AvgIpc) is 3.06. The predicted molar refractivity (Wildman–Crippen MR) is 176 cm³/mol. The fraction of sp³-hybridized carbons (Fsp3) is 0.0769. The van der Waals surface area contributed by atoms with Crippen molar-refractivity contribution in [2.75, 3.05) is 4.90 Å². The molecular weight excluding hydrogens is 547 g/mol. The first-order valence-corrected chi connectivity index (χ1v) is 15.9. The molecule has 0 aliphatic carbocycles. The molecule has 0 saturated heterocycles. The molecule has 0 bridgehead atoms. The maximum atomic E-state index is 13.4. The van der Waals surface area contributed by atoms with Gasteiger partial charge in [0.25, 0.3) is 0 Å². The molecule has 43 heavy (non-hydrogen) atoms. The smallest absolute Gasteiger partial charge is 0.206 e. The minimum Gasteiger partial charge on any atom is -0.310 e. The maximum Gasteiger partial charge on any atom is 0.206 e. The number of rotatable bonds is 5. The highest BCUT2D eigenvalue weighted by Gasteiger charge is 2.36. The molecule has 0 amide bonds. The van der Waals surface area contributed by atoms with E-state index in [9.17, 15) is 8.42 Å². The molecule has 0 aromatic heterocycles. The summed E-state index contributed by atoms with van der Waals surface area (Å²) in [6, 6.07) is 49.9. The molecule has 7 rings (SSSR count). The van der Waals surface area contributed by atoms with Crippen LogP contribution in [0.25, 0.3) is 22.3 Å². The van der Waals surface area contributed by atoms with Crippen molar-refractivity contribution < 1.29 is 8.42 Å². The third-order valence-electron chi connectivity index (χ3n) is 8.53. The van der Waals surface area contributed by atoms with Crippen LogP contribution in [0, 0.1) is 0 Å². The lowest BCUT2D eigenvalue weighted by molar-refractivity contribution is 0.596. The SMILES string of the molecule is CC1(C)c2ccccc2N(c2ccc(-c3ccc(S(=O)(=O)c4ccc(-c5ccccc5)cc4)cc3)cc2)c2ccccc21. The summed E-state index contributed by atoms with van der Waals surface area (Å²) in [5.41, 5.74) is 9.97. The van der Waals surface area contributed by atoms with E-state index >= 15 is 0 Å². The molecule has 4 heteroatoms. The van der Waals surface area contributed by atoms with E-state index in [2.05, 4.69) is 91.5 Å². The minimum atomic E-state index is -3.63. The Morgan fingerprint density at radius 2 is 0.814 bits per heavy atom. The zero-order chi connectivity index (χ0) is 29.6. The Kier molecular flexibility index (Phi) is 6.52. The molecule has 0 spiro atoms. The van der Waals surface area contributed by atoms with Gasteiger partial charge < -0.3 is 4.90 Å². The van der Waals surface area contributed by atoms with Crippen LogP contribution >= 0.6 is 0 Å². The summed E-state index contributed by atoms with van der Waals surface area (Å²) in [7, 11) is -3.63. The minimum absolute atomic E-state index is 0.102. The fourth-order valence-electron chi connectivity index (χ4n) is 6.17. The predicted octanol–water partition coefficient (Wildman–Crippen LogP) is 9.96. The summed E-state index contributed by atoms with van der Waals surface area (Å²) in [6.45, 7) is 4.57. The van der Waals surface area contributed by atoms with Crippen molar-refractivity contribution in [1.82, 2.24) is 0 Å². The second-order valence-corrected chi connectivity index (χ2v) is 13.4. The Balaban J connectivity index is 1.16. The second-order valence-electron chi connectivity index (χ2n) is 11.5. The van der Waals surface area contributed by atoms with E-state index in [0.29, 0.717) is 0 Å². The lowest BCUT2D eigenvalue weighted by Gasteiger charge is -2.42. The fourth-order valence-corrected chi connectivity index (χ4v) is 7.43. The Labute approximate surface area is 253 Å². The van der Waals surface area contributed by atoms with Crippen molar-refractivity contribution >= 4 is 26.9 Å². The first-order valence-electron chi connectivity index (χ1n) is 14.4. The molecule has 0 atom stereocenters. The summed E-state index contributed by atoms with van der Waals surface area (Å²) in [5, 5.41) is 0. The second kappa shape index (κ2) is 10.4. The molecule has 1 aliphatic rings. The van der Waals surface area contributed by atoms with Crippen molar-refractivity contribution in [2.24, 2.45) is 0 Å². The number of fused-ring (bicyclic) bond motifs is 2. The van der Waals surface area contributed by atoms with Gasteiger partial charge >= 0.3 is 0 Å². The maximum absolute atomic E-state index is 13.4. The number of para-hydroxylation sites is 2. The number of anilines is 3. The summed E-state index contributed by atoms with van der Waals surface area (Å²) in [5.74, 6) is 0. The average molecular weight is 578 g/mol. The van der Waals surface area contributed by atoms with Crippen molar-refractivity contribution in [1.29, 1.82) is 0 Å². The number of hydrogen-bond donors (Lipinski definition) is 0. The molecule has 1 heterocycles. The zero-order valence-corrected chi connectivity index (χ0v) is 24.9. The van der Waals surface area contributed by atoms with Crippen LogP contribution in [0.5, 0.6) is 0 Å². The van der Waals surface area contributed by atoms with E-state index < -0.39 is 9.84 Å². The standard InChI is InChI=1S/C39H31NO2S/c1-39(2)35-12-6-8-14-37(35)40(38-15-9-7-13-36(38)39)32-22-16-29(17-23-32)31-20-26-34(27-21-31)43(41,42)33-24-18-30(19-25-33)28-10-4-3-5-11-28/h3-27H,1-2H3. The number of benzene rings is 6. The summed E-state index contributed by atoms with van der Waals surface area (Å²) in [6.07, 6.45) is 0. The molecule has 0 fully saturated rings. The molecule has 0 radical (unpaired) electrons. The Morgan fingerprint density at radius 1 is 0.442 bits per heavy atom. The van der Waals surface area contributed by atoms with Gasteiger partial charge in [-0.25, -0.2) is 8.42 Å². The highest BCUT2D eigenvalue weighted by atomic mass is 32.2. The third-order valence-corrected chi connectivity index (χ3v) is 10.3. The normalized spacial score (nSPS) is 13.7. The number of nitrogens with zero attached hydrogens (tertiary/aromatic N) is 1. The molecule has 3 nitrogen and oxygen atoms in total. The largest absolute Gasteiger partial charge is 0.310 e. The topological polar surface area (TPSA) is 37.4 Å². The van der Waals surface area contributed by atoms with Gasteiger partial charge in [-0.15, -0.1) is 0 Å². The van der Waals surface area contributed by atoms with Crippen molar-refractivity contribution in [3.8, 4) is 22.3 Å². The van der Waals surface area contributed by atoms with E-state index in [1.165, 1.54) is 22.5 Å². The van der Waals surface area contributed by atoms with Gasteiger partial charge in [0.1, 0.15) is 0 Å². The molecule has 6 aromatic carbocycles. The van der Waals surface area contributed by atoms with Crippen molar-refractivity contribution in [3.05, 3.63) is 163 Å². The molecule has 1 aliphatic heterocycles.